The maximum atomic E-state index is 3.15. The van der Waals surface area contributed by atoms with Crippen LogP contribution < -0.4 is 0 Å². The fourth-order valence-corrected chi connectivity index (χ4v) is 1.12. The first-order valence-electron chi connectivity index (χ1n) is 3.90. The monoisotopic (exact) mass is 2200 g/mol. The van der Waals surface area contributed by atoms with Gasteiger partial charge in [0.25, 0.3) is 0 Å². The zero-order chi connectivity index (χ0) is 8.23. The summed E-state index contributed by atoms with van der Waals surface area (Å²) < 4.78 is 0. The summed E-state index contributed by atoms with van der Waals surface area (Å²) >= 11 is 0. The zero-order valence-corrected chi connectivity index (χ0v) is 85.2. The fraction of sp³-hybridized carbons (Fsp3) is 0. The van der Waals surface area contributed by atoms with E-state index in [1.165, 1.54) is 0 Å². The molecule has 0 saturated heterocycles. The summed E-state index contributed by atoms with van der Waals surface area (Å²) in [5, 5.41) is 0. The molecule has 0 aromatic heterocycles. The van der Waals surface area contributed by atoms with Crippen LogP contribution >= 0.6 is 0 Å². The second-order valence-corrected chi connectivity index (χ2v) is 2.55. The number of rotatable bonds is 1. The Morgan fingerprint density at radius 1 is 0.257 bits per heavy atom. The van der Waals surface area contributed by atoms with E-state index < -0.39 is 0 Å². The SMILES string of the molecule is [Y].[Y].[Y].[Y].[Y].[Y].[Y].[Y].[Y].[Y].[Y].[Y].[Y].[Y].[Y].[Y].[Y].[Y].[Y].[Y].[Y].[Y].[Y].[c-]1ccccc1-c1[c-]cccc1. The largest absolute Gasteiger partial charge is 0.226 e. The van der Waals surface area contributed by atoms with Gasteiger partial charge in [-0.2, -0.15) is 48.5 Å². The molecule has 0 aliphatic carbocycles. The summed E-state index contributed by atoms with van der Waals surface area (Å²) in [6, 6.07) is 22.1. The van der Waals surface area contributed by atoms with Crippen molar-refractivity contribution in [2.45, 2.75) is 0 Å². The Labute approximate surface area is 794 Å². The van der Waals surface area contributed by atoms with Gasteiger partial charge in [-0.15, -0.1) is 12.1 Å². The molecule has 0 amide bonds. The van der Waals surface area contributed by atoms with Gasteiger partial charge in [0.15, 0.2) is 0 Å². The van der Waals surface area contributed by atoms with Crippen LogP contribution in [-0.2, 0) is 752 Å². The minimum Gasteiger partial charge on any atom is -0.226 e. The van der Waals surface area contributed by atoms with Crippen molar-refractivity contribution in [1.29, 1.82) is 0 Å². The maximum absolute atomic E-state index is 3.15. The van der Waals surface area contributed by atoms with Crippen LogP contribution in [0.15, 0.2) is 48.5 Å². The summed E-state index contributed by atoms with van der Waals surface area (Å²) in [5.74, 6) is 0. The van der Waals surface area contributed by atoms with Crippen LogP contribution in [0.2, 0.25) is 0 Å². The van der Waals surface area contributed by atoms with Crippen molar-refractivity contribution in [3.8, 4) is 11.1 Å². The first-order valence-corrected chi connectivity index (χ1v) is 3.90. The molecular formula is C12H8Y23-2. The Balaban J connectivity index is -0.00000000367. The molecule has 23 radical (unpaired) electrons. The normalized spacial score (nSPS) is 3.31. The molecule has 0 aliphatic heterocycles. The number of hydrogen-bond donors (Lipinski definition) is 0. The third-order valence-corrected chi connectivity index (χ3v) is 1.71. The fourth-order valence-electron chi connectivity index (χ4n) is 1.12. The average molecular weight is 2200 g/mol. The van der Waals surface area contributed by atoms with Crippen molar-refractivity contribution in [1.82, 2.24) is 0 Å². The van der Waals surface area contributed by atoms with Crippen molar-refractivity contribution < 1.29 is 752 Å². The van der Waals surface area contributed by atoms with Crippen molar-refractivity contribution in [2.75, 3.05) is 0 Å². The standard InChI is InChI=1S/C12H8.23Y/c1-3-7-11(8-4-1)12-9-5-2-6-10-12;;;;;;;;;;;;;;;;;;;;;;;/h1-7,9H;;;;;;;;;;;;;;;;;;;;;;;/q-2;;;;;;;;;;;;;;;;;;;;;;;. The summed E-state index contributed by atoms with van der Waals surface area (Å²) in [4.78, 5) is 0. The molecule has 127 valence electrons. The van der Waals surface area contributed by atoms with Crippen LogP contribution in [0.5, 0.6) is 0 Å². The van der Waals surface area contributed by atoms with Crippen LogP contribution in [0.1, 0.15) is 0 Å². The summed E-state index contributed by atoms with van der Waals surface area (Å²) in [6.45, 7) is 0. The number of hydrogen-bond acceptors (Lipinski definition) is 0. The van der Waals surface area contributed by atoms with Gasteiger partial charge in [0.2, 0.25) is 0 Å². The predicted octanol–water partition coefficient (Wildman–Crippen LogP) is 2.90. The molecule has 0 saturated carbocycles. The Morgan fingerprint density at radius 3 is 0.543 bits per heavy atom. The van der Waals surface area contributed by atoms with Gasteiger partial charge >= 0.3 is 0 Å². The first kappa shape index (κ1) is 145. The Morgan fingerprint density at radius 2 is 0.429 bits per heavy atom. The molecule has 2 aromatic carbocycles. The van der Waals surface area contributed by atoms with Crippen molar-refractivity contribution >= 4 is 0 Å². The average Bonchev–Trinajstić information content (AvgIpc) is 2.21. The van der Waals surface area contributed by atoms with E-state index in [0.29, 0.717) is 0 Å². The van der Waals surface area contributed by atoms with E-state index in [-0.39, 0.29) is 752 Å². The molecule has 23 heteroatoms. The molecule has 0 fully saturated rings. The van der Waals surface area contributed by atoms with Gasteiger partial charge in [-0.1, -0.05) is 0 Å². The van der Waals surface area contributed by atoms with Crippen molar-refractivity contribution in [3.63, 3.8) is 0 Å². The van der Waals surface area contributed by atoms with Crippen LogP contribution in [0.4, 0.5) is 0 Å². The minimum absolute atomic E-state index is 0. The third-order valence-electron chi connectivity index (χ3n) is 1.71. The molecule has 0 unspecified atom stereocenters. The molecule has 0 N–H and O–H groups in total. The van der Waals surface area contributed by atoms with Crippen molar-refractivity contribution in [2.24, 2.45) is 0 Å². The van der Waals surface area contributed by atoms with E-state index >= 15 is 0 Å². The Bertz CT molecular complexity index is 330. The Kier molecular flexibility index (Phi) is 488. The van der Waals surface area contributed by atoms with Crippen molar-refractivity contribution in [3.05, 3.63) is 60.7 Å². The quantitative estimate of drug-likeness (QED) is 0.387. The molecule has 2 aromatic rings. The summed E-state index contributed by atoms with van der Waals surface area (Å²) in [5.41, 5.74) is 2.19. The van der Waals surface area contributed by atoms with Gasteiger partial charge < -0.3 is 0 Å². The van der Waals surface area contributed by atoms with E-state index in [0.717, 1.165) is 11.1 Å². The van der Waals surface area contributed by atoms with Gasteiger partial charge in [-0.25, -0.2) is 11.1 Å². The minimum atomic E-state index is 0. The maximum Gasteiger partial charge on any atom is 0 e. The summed E-state index contributed by atoms with van der Waals surface area (Å²) in [7, 11) is 0. The molecule has 0 spiro atoms. The topological polar surface area (TPSA) is 0 Å². The molecule has 0 aliphatic rings. The first-order chi connectivity index (χ1) is 5.97. The molecule has 0 nitrogen and oxygen atoms in total. The van der Waals surface area contributed by atoms with Crippen LogP contribution in [-0.4, -0.2) is 0 Å². The predicted molar refractivity (Wildman–Crippen MR) is 49.6 cm³/mol. The van der Waals surface area contributed by atoms with Crippen LogP contribution in [0.3, 0.4) is 0 Å². The van der Waals surface area contributed by atoms with E-state index in [2.05, 4.69) is 12.1 Å². The summed E-state index contributed by atoms with van der Waals surface area (Å²) in [6.07, 6.45) is 0. The van der Waals surface area contributed by atoms with Gasteiger partial charge in [0.05, 0.1) is 0 Å². The van der Waals surface area contributed by atoms with Crippen LogP contribution in [0.25, 0.3) is 11.1 Å². The molecule has 2 rings (SSSR count). The molecule has 0 atom stereocenters. The van der Waals surface area contributed by atoms with Gasteiger partial charge in [-0.05, 0) is 0 Å². The van der Waals surface area contributed by atoms with E-state index in [4.69, 9.17) is 0 Å². The number of benzene rings is 2. The molecule has 0 heterocycles. The molecular weight excluding hydrogens is 2190 g/mol. The zero-order valence-electron chi connectivity index (χ0n) is 19.9. The van der Waals surface area contributed by atoms with Gasteiger partial charge in [0, 0.05) is 752 Å². The third kappa shape index (κ3) is 93.8. The van der Waals surface area contributed by atoms with E-state index in [9.17, 15) is 0 Å². The second-order valence-electron chi connectivity index (χ2n) is 2.55. The molecule has 0 bridgehead atoms. The van der Waals surface area contributed by atoms with E-state index in [1.54, 1.807) is 0 Å². The van der Waals surface area contributed by atoms with E-state index in [1.807, 2.05) is 48.5 Å². The Hall–Kier alpha value is 23.8. The van der Waals surface area contributed by atoms with Gasteiger partial charge in [-0.3, -0.25) is 0 Å². The smallest absolute Gasteiger partial charge is 0 e. The van der Waals surface area contributed by atoms with Gasteiger partial charge in [0.1, 0.15) is 0 Å². The second kappa shape index (κ2) is 118. The van der Waals surface area contributed by atoms with Crippen LogP contribution in [0, 0.1) is 12.1 Å². The molecule has 35 heavy (non-hydrogen) atoms.